The van der Waals surface area contributed by atoms with Crippen LogP contribution in [0.4, 0.5) is 5.69 Å². The van der Waals surface area contributed by atoms with Crippen molar-refractivity contribution >= 4 is 5.69 Å². The van der Waals surface area contributed by atoms with Gasteiger partial charge in [0, 0.05) is 38.5 Å². The molecule has 2 rings (SSSR count). The Hall–Kier alpha value is -1.06. The number of piperazine rings is 1. The molecule has 1 saturated heterocycles. The highest BCUT2D eigenvalue weighted by Crippen LogP contribution is 2.16. The molecular weight excluding hydrogens is 200 g/mol. The van der Waals surface area contributed by atoms with Crippen molar-refractivity contribution in [2.75, 3.05) is 37.7 Å². The molecule has 1 fully saturated rings. The van der Waals surface area contributed by atoms with Gasteiger partial charge in [0.25, 0.3) is 0 Å². The molecule has 16 heavy (non-hydrogen) atoms. The molecule has 0 radical (unpaired) electrons. The van der Waals surface area contributed by atoms with Crippen LogP contribution in [-0.4, -0.2) is 37.9 Å². The standard InChI is InChI=1S/C13H20N2O/c16-11-1-2-12-3-5-13(6-4-12)15-9-7-14-8-10-15/h3-6,14,16H,1-2,7-11H2. The second-order valence-corrected chi connectivity index (χ2v) is 4.23. The minimum absolute atomic E-state index is 0.277. The molecule has 0 spiro atoms. The van der Waals surface area contributed by atoms with Crippen LogP contribution in [0.15, 0.2) is 24.3 Å². The highest BCUT2D eigenvalue weighted by atomic mass is 16.2. The van der Waals surface area contributed by atoms with Crippen molar-refractivity contribution in [3.8, 4) is 0 Å². The van der Waals surface area contributed by atoms with Crippen molar-refractivity contribution in [3.63, 3.8) is 0 Å². The molecule has 1 aliphatic heterocycles. The summed E-state index contributed by atoms with van der Waals surface area (Å²) in [7, 11) is 0. The van der Waals surface area contributed by atoms with E-state index >= 15 is 0 Å². The zero-order valence-corrected chi connectivity index (χ0v) is 9.65. The van der Waals surface area contributed by atoms with Crippen LogP contribution in [0.1, 0.15) is 12.0 Å². The number of anilines is 1. The Morgan fingerprint density at radius 3 is 2.44 bits per heavy atom. The molecule has 88 valence electrons. The van der Waals surface area contributed by atoms with Gasteiger partial charge in [-0.3, -0.25) is 0 Å². The van der Waals surface area contributed by atoms with Gasteiger partial charge in [-0.1, -0.05) is 12.1 Å². The average molecular weight is 220 g/mol. The Kier molecular flexibility index (Phi) is 4.19. The maximum absolute atomic E-state index is 8.77. The molecular formula is C13H20N2O. The molecule has 1 aromatic rings. The number of nitrogens with one attached hydrogen (secondary N) is 1. The summed E-state index contributed by atoms with van der Waals surface area (Å²) in [4.78, 5) is 2.41. The highest BCUT2D eigenvalue weighted by Gasteiger charge is 2.09. The van der Waals surface area contributed by atoms with Crippen molar-refractivity contribution in [2.45, 2.75) is 12.8 Å². The summed E-state index contributed by atoms with van der Waals surface area (Å²) in [5.74, 6) is 0. The lowest BCUT2D eigenvalue weighted by atomic mass is 10.1. The normalized spacial score (nSPS) is 16.4. The SMILES string of the molecule is OCCCc1ccc(N2CCNCC2)cc1. The molecule has 1 aliphatic rings. The molecule has 0 aliphatic carbocycles. The number of nitrogens with zero attached hydrogens (tertiary/aromatic N) is 1. The zero-order valence-electron chi connectivity index (χ0n) is 9.65. The smallest absolute Gasteiger partial charge is 0.0434 e. The van der Waals surface area contributed by atoms with E-state index in [4.69, 9.17) is 5.11 Å². The predicted octanol–water partition coefficient (Wildman–Crippen LogP) is 1.02. The molecule has 0 bridgehead atoms. The summed E-state index contributed by atoms with van der Waals surface area (Å²) in [6.45, 7) is 4.62. The van der Waals surface area contributed by atoms with Crippen molar-refractivity contribution < 1.29 is 5.11 Å². The topological polar surface area (TPSA) is 35.5 Å². The number of rotatable bonds is 4. The first-order chi connectivity index (χ1) is 7.90. The van der Waals surface area contributed by atoms with E-state index < -0.39 is 0 Å². The van der Waals surface area contributed by atoms with Gasteiger partial charge in [-0.05, 0) is 30.5 Å². The first kappa shape index (κ1) is 11.4. The largest absolute Gasteiger partial charge is 0.396 e. The second kappa shape index (κ2) is 5.87. The fourth-order valence-corrected chi connectivity index (χ4v) is 2.08. The van der Waals surface area contributed by atoms with E-state index in [1.807, 2.05) is 0 Å². The van der Waals surface area contributed by atoms with Crippen LogP contribution in [0.25, 0.3) is 0 Å². The molecule has 3 nitrogen and oxygen atoms in total. The Labute approximate surface area is 97.1 Å². The molecule has 0 aromatic heterocycles. The summed E-state index contributed by atoms with van der Waals surface area (Å²) in [5.41, 5.74) is 2.63. The molecule has 3 heteroatoms. The maximum Gasteiger partial charge on any atom is 0.0434 e. The third-order valence-corrected chi connectivity index (χ3v) is 3.04. The van der Waals surface area contributed by atoms with Gasteiger partial charge in [-0.15, -0.1) is 0 Å². The zero-order chi connectivity index (χ0) is 11.2. The monoisotopic (exact) mass is 220 g/mol. The van der Waals surface area contributed by atoms with E-state index in [1.165, 1.54) is 11.3 Å². The fourth-order valence-electron chi connectivity index (χ4n) is 2.08. The lowest BCUT2D eigenvalue weighted by molar-refractivity contribution is 0.288. The summed E-state index contributed by atoms with van der Waals surface area (Å²) in [6, 6.07) is 8.73. The quantitative estimate of drug-likeness (QED) is 0.795. The number of aryl methyl sites for hydroxylation is 1. The number of hydrogen-bond acceptors (Lipinski definition) is 3. The van der Waals surface area contributed by atoms with E-state index in [0.29, 0.717) is 0 Å². The van der Waals surface area contributed by atoms with Crippen LogP contribution in [-0.2, 0) is 6.42 Å². The minimum atomic E-state index is 0.277. The van der Waals surface area contributed by atoms with Gasteiger partial charge < -0.3 is 15.3 Å². The van der Waals surface area contributed by atoms with E-state index in [9.17, 15) is 0 Å². The lowest BCUT2D eigenvalue weighted by Gasteiger charge is -2.29. The maximum atomic E-state index is 8.77. The highest BCUT2D eigenvalue weighted by molar-refractivity contribution is 5.48. The molecule has 0 amide bonds. The summed E-state index contributed by atoms with van der Waals surface area (Å²) in [5, 5.41) is 12.1. The van der Waals surface area contributed by atoms with Crippen LogP contribution in [0.2, 0.25) is 0 Å². The van der Waals surface area contributed by atoms with Crippen molar-refractivity contribution in [3.05, 3.63) is 29.8 Å². The average Bonchev–Trinajstić information content (AvgIpc) is 2.38. The molecule has 0 saturated carbocycles. The third-order valence-electron chi connectivity index (χ3n) is 3.04. The van der Waals surface area contributed by atoms with E-state index in [-0.39, 0.29) is 6.61 Å². The van der Waals surface area contributed by atoms with E-state index in [2.05, 4.69) is 34.5 Å². The van der Waals surface area contributed by atoms with Gasteiger partial charge in [0.15, 0.2) is 0 Å². The number of hydrogen-bond donors (Lipinski definition) is 2. The number of aliphatic hydroxyl groups is 1. The number of aliphatic hydroxyl groups excluding tert-OH is 1. The summed E-state index contributed by atoms with van der Waals surface area (Å²) < 4.78 is 0. The van der Waals surface area contributed by atoms with Crippen molar-refractivity contribution in [1.82, 2.24) is 5.32 Å². The van der Waals surface area contributed by atoms with Gasteiger partial charge in [-0.25, -0.2) is 0 Å². The Balaban J connectivity index is 1.95. The summed E-state index contributed by atoms with van der Waals surface area (Å²) in [6.07, 6.45) is 1.82. The van der Waals surface area contributed by atoms with Gasteiger partial charge in [0.05, 0.1) is 0 Å². The lowest BCUT2D eigenvalue weighted by Crippen LogP contribution is -2.43. The first-order valence-electron chi connectivity index (χ1n) is 6.05. The number of benzene rings is 1. The van der Waals surface area contributed by atoms with Crippen molar-refractivity contribution in [1.29, 1.82) is 0 Å². The van der Waals surface area contributed by atoms with Crippen LogP contribution in [0.5, 0.6) is 0 Å². The molecule has 2 N–H and O–H groups in total. The molecule has 0 atom stereocenters. The Morgan fingerprint density at radius 2 is 1.81 bits per heavy atom. The van der Waals surface area contributed by atoms with Crippen LogP contribution in [0.3, 0.4) is 0 Å². The van der Waals surface area contributed by atoms with Gasteiger partial charge >= 0.3 is 0 Å². The fraction of sp³-hybridized carbons (Fsp3) is 0.538. The van der Waals surface area contributed by atoms with Crippen LogP contribution in [0, 0.1) is 0 Å². The predicted molar refractivity (Wildman–Crippen MR) is 66.9 cm³/mol. The minimum Gasteiger partial charge on any atom is -0.396 e. The molecule has 1 aromatic carbocycles. The van der Waals surface area contributed by atoms with E-state index in [0.717, 1.165) is 39.0 Å². The third kappa shape index (κ3) is 2.97. The molecule has 0 unspecified atom stereocenters. The van der Waals surface area contributed by atoms with Crippen molar-refractivity contribution in [2.24, 2.45) is 0 Å². The summed E-state index contributed by atoms with van der Waals surface area (Å²) >= 11 is 0. The van der Waals surface area contributed by atoms with Crippen LogP contribution >= 0.6 is 0 Å². The molecule has 1 heterocycles. The Morgan fingerprint density at radius 1 is 1.12 bits per heavy atom. The van der Waals surface area contributed by atoms with Gasteiger partial charge in [-0.2, -0.15) is 0 Å². The second-order valence-electron chi connectivity index (χ2n) is 4.23. The van der Waals surface area contributed by atoms with E-state index in [1.54, 1.807) is 0 Å². The van der Waals surface area contributed by atoms with Crippen LogP contribution < -0.4 is 10.2 Å². The van der Waals surface area contributed by atoms with Gasteiger partial charge in [0.2, 0.25) is 0 Å². The van der Waals surface area contributed by atoms with Gasteiger partial charge in [0.1, 0.15) is 0 Å². The first-order valence-corrected chi connectivity index (χ1v) is 6.05. The Bertz CT molecular complexity index is 304.